The third-order valence-corrected chi connectivity index (χ3v) is 2.95. The maximum Gasteiger partial charge on any atom is 0.170 e. The fourth-order valence-corrected chi connectivity index (χ4v) is 1.99. The highest BCUT2D eigenvalue weighted by Crippen LogP contribution is 2.22. The Hall–Kier alpha value is -2.03. The van der Waals surface area contributed by atoms with E-state index in [1.165, 1.54) is 6.26 Å². The number of rotatable bonds is 4. The Bertz CT molecular complexity index is 567. The van der Waals surface area contributed by atoms with Crippen LogP contribution in [-0.2, 0) is 6.42 Å². The second kappa shape index (κ2) is 5.08. The first-order valence-electron chi connectivity index (χ1n) is 5.82. The highest BCUT2D eigenvalue weighted by Gasteiger charge is 2.14. The Kier molecular flexibility index (Phi) is 3.51. The number of benzene rings is 1. The van der Waals surface area contributed by atoms with Crippen LogP contribution in [0.3, 0.4) is 0 Å². The van der Waals surface area contributed by atoms with E-state index in [0.29, 0.717) is 17.7 Å². The van der Waals surface area contributed by atoms with E-state index < -0.39 is 0 Å². The molecule has 0 aliphatic rings. The zero-order valence-corrected chi connectivity index (χ0v) is 10.8. The Morgan fingerprint density at radius 3 is 2.67 bits per heavy atom. The zero-order chi connectivity index (χ0) is 13.1. The molecular weight excluding hydrogens is 228 g/mol. The summed E-state index contributed by atoms with van der Waals surface area (Å²) < 4.78 is 10.4. The lowest BCUT2D eigenvalue weighted by molar-refractivity contribution is 0.0990. The lowest BCUT2D eigenvalue weighted by Crippen LogP contribution is -2.05. The standard InChI is InChI=1S/C15H16O3/c1-10-4-5-15(17-3)12(8-10)9-14(16)13-6-7-18-11(13)2/h4-8H,9H2,1-3H3. The monoisotopic (exact) mass is 244 g/mol. The lowest BCUT2D eigenvalue weighted by Gasteiger charge is -2.08. The number of ether oxygens (including phenoxy) is 1. The van der Waals surface area contributed by atoms with Crippen LogP contribution in [0.2, 0.25) is 0 Å². The van der Waals surface area contributed by atoms with E-state index in [2.05, 4.69) is 0 Å². The van der Waals surface area contributed by atoms with Crippen LogP contribution in [0.1, 0.15) is 27.2 Å². The average Bonchev–Trinajstić information content (AvgIpc) is 2.76. The molecule has 1 aromatic carbocycles. The number of carbonyl (C=O) groups excluding carboxylic acids is 1. The number of hydrogen-bond donors (Lipinski definition) is 0. The molecule has 0 aliphatic carbocycles. The van der Waals surface area contributed by atoms with E-state index in [1.807, 2.05) is 25.1 Å². The summed E-state index contributed by atoms with van der Waals surface area (Å²) >= 11 is 0. The van der Waals surface area contributed by atoms with Gasteiger partial charge in [-0.1, -0.05) is 17.7 Å². The second-order valence-corrected chi connectivity index (χ2v) is 4.31. The molecule has 0 aliphatic heterocycles. The third-order valence-electron chi connectivity index (χ3n) is 2.95. The van der Waals surface area contributed by atoms with Crippen LogP contribution in [0.5, 0.6) is 5.75 Å². The quantitative estimate of drug-likeness (QED) is 0.774. The topological polar surface area (TPSA) is 39.4 Å². The summed E-state index contributed by atoms with van der Waals surface area (Å²) in [5, 5.41) is 0. The van der Waals surface area contributed by atoms with Crippen LogP contribution in [0.4, 0.5) is 0 Å². The number of Topliss-reactive ketones (excluding diaryl/α,β-unsaturated/α-hetero) is 1. The largest absolute Gasteiger partial charge is 0.496 e. The minimum atomic E-state index is 0.0464. The molecule has 0 amide bonds. The van der Waals surface area contributed by atoms with Crippen LogP contribution in [0, 0.1) is 13.8 Å². The third kappa shape index (κ3) is 2.45. The van der Waals surface area contributed by atoms with Crippen molar-refractivity contribution < 1.29 is 13.9 Å². The molecule has 2 aromatic rings. The molecule has 0 atom stereocenters. The molecule has 3 heteroatoms. The van der Waals surface area contributed by atoms with Gasteiger partial charge in [0.05, 0.1) is 18.9 Å². The molecule has 0 unspecified atom stereocenters. The Balaban J connectivity index is 2.27. The summed E-state index contributed by atoms with van der Waals surface area (Å²) in [7, 11) is 1.61. The highest BCUT2D eigenvalue weighted by atomic mass is 16.5. The van der Waals surface area contributed by atoms with Gasteiger partial charge >= 0.3 is 0 Å². The average molecular weight is 244 g/mol. The van der Waals surface area contributed by atoms with E-state index >= 15 is 0 Å². The summed E-state index contributed by atoms with van der Waals surface area (Å²) in [6.45, 7) is 3.79. The van der Waals surface area contributed by atoms with Gasteiger partial charge in [-0.2, -0.15) is 0 Å². The molecule has 0 radical (unpaired) electrons. The molecule has 0 bridgehead atoms. The Morgan fingerprint density at radius 1 is 1.28 bits per heavy atom. The fourth-order valence-electron chi connectivity index (χ4n) is 1.99. The van der Waals surface area contributed by atoms with Crippen molar-refractivity contribution in [2.24, 2.45) is 0 Å². The maximum absolute atomic E-state index is 12.2. The predicted octanol–water partition coefficient (Wildman–Crippen LogP) is 3.33. The van der Waals surface area contributed by atoms with Crippen LogP contribution in [-0.4, -0.2) is 12.9 Å². The van der Waals surface area contributed by atoms with Gasteiger partial charge in [-0.25, -0.2) is 0 Å². The predicted molar refractivity (Wildman–Crippen MR) is 69.2 cm³/mol. The van der Waals surface area contributed by atoms with Crippen LogP contribution in [0.15, 0.2) is 34.9 Å². The van der Waals surface area contributed by atoms with Gasteiger partial charge in [0.15, 0.2) is 5.78 Å². The van der Waals surface area contributed by atoms with Gasteiger partial charge in [0.25, 0.3) is 0 Å². The summed E-state index contributed by atoms with van der Waals surface area (Å²) in [5.41, 5.74) is 2.66. The lowest BCUT2D eigenvalue weighted by atomic mass is 10.0. The molecule has 18 heavy (non-hydrogen) atoms. The number of methoxy groups -OCH3 is 1. The van der Waals surface area contributed by atoms with Crippen molar-refractivity contribution in [3.05, 3.63) is 53.0 Å². The first-order valence-corrected chi connectivity index (χ1v) is 5.82. The Morgan fingerprint density at radius 2 is 2.06 bits per heavy atom. The number of aryl methyl sites for hydroxylation is 2. The summed E-state index contributed by atoms with van der Waals surface area (Å²) in [6.07, 6.45) is 1.86. The Labute approximate surface area is 106 Å². The zero-order valence-electron chi connectivity index (χ0n) is 10.8. The summed E-state index contributed by atoms with van der Waals surface area (Å²) in [4.78, 5) is 12.2. The van der Waals surface area contributed by atoms with Gasteiger partial charge in [-0.15, -0.1) is 0 Å². The van der Waals surface area contributed by atoms with Crippen LogP contribution >= 0.6 is 0 Å². The van der Waals surface area contributed by atoms with Crippen molar-refractivity contribution in [2.45, 2.75) is 20.3 Å². The number of carbonyl (C=O) groups is 1. The molecule has 1 heterocycles. The second-order valence-electron chi connectivity index (χ2n) is 4.31. The molecule has 94 valence electrons. The maximum atomic E-state index is 12.2. The number of ketones is 1. The normalized spacial score (nSPS) is 10.4. The molecule has 0 saturated heterocycles. The van der Waals surface area contributed by atoms with Crippen molar-refractivity contribution in [2.75, 3.05) is 7.11 Å². The minimum Gasteiger partial charge on any atom is -0.496 e. The molecule has 2 rings (SSSR count). The van der Waals surface area contributed by atoms with Crippen molar-refractivity contribution in [1.29, 1.82) is 0 Å². The van der Waals surface area contributed by atoms with E-state index in [-0.39, 0.29) is 5.78 Å². The van der Waals surface area contributed by atoms with Crippen molar-refractivity contribution in [3.63, 3.8) is 0 Å². The highest BCUT2D eigenvalue weighted by molar-refractivity contribution is 5.98. The van der Waals surface area contributed by atoms with Gasteiger partial charge in [0.2, 0.25) is 0 Å². The van der Waals surface area contributed by atoms with E-state index in [1.54, 1.807) is 20.1 Å². The van der Waals surface area contributed by atoms with Gasteiger partial charge in [0.1, 0.15) is 11.5 Å². The first kappa shape index (κ1) is 12.4. The number of furan rings is 1. The molecule has 0 saturated carbocycles. The van der Waals surface area contributed by atoms with E-state index in [4.69, 9.17) is 9.15 Å². The summed E-state index contributed by atoms with van der Waals surface area (Å²) in [5.74, 6) is 1.45. The van der Waals surface area contributed by atoms with Gasteiger partial charge in [-0.05, 0) is 26.0 Å². The summed E-state index contributed by atoms with van der Waals surface area (Å²) in [6, 6.07) is 7.54. The molecular formula is C15H16O3. The fraction of sp³-hybridized carbons (Fsp3) is 0.267. The molecule has 0 fully saturated rings. The van der Waals surface area contributed by atoms with Crippen molar-refractivity contribution >= 4 is 5.78 Å². The molecule has 0 N–H and O–H groups in total. The van der Waals surface area contributed by atoms with Crippen LogP contribution in [0.25, 0.3) is 0 Å². The molecule has 1 aromatic heterocycles. The minimum absolute atomic E-state index is 0.0464. The van der Waals surface area contributed by atoms with Gasteiger partial charge in [0, 0.05) is 12.0 Å². The van der Waals surface area contributed by atoms with Crippen molar-refractivity contribution in [3.8, 4) is 5.75 Å². The van der Waals surface area contributed by atoms with Crippen LogP contribution < -0.4 is 4.74 Å². The molecule has 3 nitrogen and oxygen atoms in total. The number of hydrogen-bond acceptors (Lipinski definition) is 3. The first-order chi connectivity index (χ1) is 8.61. The van der Waals surface area contributed by atoms with Crippen molar-refractivity contribution in [1.82, 2.24) is 0 Å². The van der Waals surface area contributed by atoms with Gasteiger partial charge < -0.3 is 9.15 Å². The SMILES string of the molecule is COc1ccc(C)cc1CC(=O)c1ccoc1C. The van der Waals surface area contributed by atoms with E-state index in [9.17, 15) is 4.79 Å². The molecule has 0 spiro atoms. The smallest absolute Gasteiger partial charge is 0.170 e. The van der Waals surface area contributed by atoms with E-state index in [0.717, 1.165) is 16.9 Å². The van der Waals surface area contributed by atoms with Gasteiger partial charge in [-0.3, -0.25) is 4.79 Å².